The Morgan fingerprint density at radius 1 is 1.32 bits per heavy atom. The first-order valence-electron chi connectivity index (χ1n) is 10.8. The second-order valence-corrected chi connectivity index (χ2v) is 8.63. The quantitative estimate of drug-likeness (QED) is 0.684. The Hall–Kier alpha value is -3.06. The summed E-state index contributed by atoms with van der Waals surface area (Å²) in [5.41, 5.74) is -0.0844. The number of hydrogen-bond donors (Lipinski definition) is 1. The zero-order valence-corrected chi connectivity index (χ0v) is 17.6. The molecule has 0 spiro atoms. The van der Waals surface area contributed by atoms with Crippen LogP contribution in [0.1, 0.15) is 41.1 Å². The fourth-order valence-electron chi connectivity index (χ4n) is 5.23. The number of furan rings is 1. The fourth-order valence-corrected chi connectivity index (χ4v) is 5.23. The molecule has 2 fully saturated rings. The van der Waals surface area contributed by atoms with Crippen LogP contribution in [-0.4, -0.2) is 45.7 Å². The third kappa shape index (κ3) is 3.63. The van der Waals surface area contributed by atoms with Gasteiger partial charge >= 0.3 is 0 Å². The number of methoxy groups -OCH3 is 1. The third-order valence-electron chi connectivity index (χ3n) is 6.81. The summed E-state index contributed by atoms with van der Waals surface area (Å²) in [4.78, 5) is 19.0. The SMILES string of the molecule is COc1cccc([C@]2(O)CCC[C@@H]3CN(C(=O)c4ccc(Cn5ccnc5)o4)C[C@H]32)c1. The minimum atomic E-state index is -0.956. The molecule has 1 saturated carbocycles. The summed E-state index contributed by atoms with van der Waals surface area (Å²) in [7, 11) is 1.63. The molecule has 1 amide bonds. The Bertz CT molecular complexity index is 1060. The Kier molecular flexibility index (Phi) is 5.06. The Morgan fingerprint density at radius 2 is 2.23 bits per heavy atom. The van der Waals surface area contributed by atoms with Crippen molar-refractivity contribution < 1.29 is 19.1 Å². The van der Waals surface area contributed by atoms with E-state index in [1.165, 1.54) is 0 Å². The summed E-state index contributed by atoms with van der Waals surface area (Å²) in [5, 5.41) is 11.7. The number of aliphatic hydroxyl groups is 1. The van der Waals surface area contributed by atoms with Crippen LogP contribution in [-0.2, 0) is 12.1 Å². The summed E-state index contributed by atoms with van der Waals surface area (Å²) in [5.74, 6) is 1.95. The molecule has 2 aliphatic rings. The number of rotatable bonds is 5. The van der Waals surface area contributed by atoms with Crippen molar-refractivity contribution in [3.05, 3.63) is 72.2 Å². The number of amides is 1. The van der Waals surface area contributed by atoms with E-state index >= 15 is 0 Å². The first kappa shape index (κ1) is 19.9. The van der Waals surface area contributed by atoms with Gasteiger partial charge in [-0.05, 0) is 55.0 Å². The van der Waals surface area contributed by atoms with E-state index in [1.54, 1.807) is 25.7 Å². The number of nitrogens with zero attached hydrogens (tertiary/aromatic N) is 3. The minimum Gasteiger partial charge on any atom is -0.497 e. The molecule has 0 bridgehead atoms. The van der Waals surface area contributed by atoms with Gasteiger partial charge in [0.05, 0.1) is 25.6 Å². The molecule has 2 aromatic heterocycles. The number of hydrogen-bond acceptors (Lipinski definition) is 5. The molecular formula is C24H27N3O4. The Balaban J connectivity index is 1.34. The maximum atomic E-state index is 13.2. The summed E-state index contributed by atoms with van der Waals surface area (Å²) in [6, 6.07) is 11.3. The molecule has 1 saturated heterocycles. The van der Waals surface area contributed by atoms with Crippen molar-refractivity contribution in [1.29, 1.82) is 0 Å². The predicted molar refractivity (Wildman–Crippen MR) is 114 cm³/mol. The van der Waals surface area contributed by atoms with Gasteiger partial charge in [0.2, 0.25) is 0 Å². The highest BCUT2D eigenvalue weighted by Gasteiger charge is 2.51. The smallest absolute Gasteiger partial charge is 0.289 e. The van der Waals surface area contributed by atoms with Crippen LogP contribution >= 0.6 is 0 Å². The molecule has 7 nitrogen and oxygen atoms in total. The van der Waals surface area contributed by atoms with Gasteiger partial charge in [-0.2, -0.15) is 0 Å². The molecule has 1 N–H and O–H groups in total. The van der Waals surface area contributed by atoms with Crippen LogP contribution in [0.5, 0.6) is 5.75 Å². The Labute approximate surface area is 181 Å². The van der Waals surface area contributed by atoms with Gasteiger partial charge in [0.25, 0.3) is 5.91 Å². The van der Waals surface area contributed by atoms with Crippen LogP contribution < -0.4 is 4.74 Å². The number of carbonyl (C=O) groups excluding carboxylic acids is 1. The van der Waals surface area contributed by atoms with E-state index in [9.17, 15) is 9.90 Å². The van der Waals surface area contributed by atoms with Crippen molar-refractivity contribution in [2.24, 2.45) is 11.8 Å². The van der Waals surface area contributed by atoms with E-state index in [0.29, 0.717) is 37.6 Å². The second kappa shape index (κ2) is 7.89. The van der Waals surface area contributed by atoms with Gasteiger partial charge in [-0.25, -0.2) is 4.98 Å². The standard InChI is InChI=1S/C24H27N3O4/c1-30-19-6-2-5-18(12-19)24(29)9-3-4-17-13-27(15-21(17)24)23(28)22-8-7-20(31-22)14-26-11-10-25-16-26/h2,5-8,10-12,16-17,21,29H,3-4,9,13-15H2,1H3/t17-,21-,24-/m1/s1. The van der Waals surface area contributed by atoms with Crippen LogP contribution in [0.15, 0.2) is 59.5 Å². The summed E-state index contributed by atoms with van der Waals surface area (Å²) < 4.78 is 13.1. The van der Waals surface area contributed by atoms with Crippen molar-refractivity contribution >= 4 is 5.91 Å². The lowest BCUT2D eigenvalue weighted by atomic mass is 9.67. The van der Waals surface area contributed by atoms with Gasteiger partial charge in [0.15, 0.2) is 5.76 Å². The molecule has 3 aromatic rings. The molecule has 0 unspecified atom stereocenters. The van der Waals surface area contributed by atoms with Crippen molar-refractivity contribution in [3.8, 4) is 5.75 Å². The summed E-state index contributed by atoms with van der Waals surface area (Å²) >= 11 is 0. The zero-order chi connectivity index (χ0) is 21.4. The van der Waals surface area contributed by atoms with Crippen LogP contribution in [0.25, 0.3) is 0 Å². The number of fused-ring (bicyclic) bond motifs is 1. The van der Waals surface area contributed by atoms with Gasteiger partial charge in [-0.15, -0.1) is 0 Å². The normalized spacial score (nSPS) is 25.4. The number of likely N-dealkylation sites (tertiary alicyclic amines) is 1. The molecule has 3 atom stereocenters. The number of benzene rings is 1. The molecule has 162 valence electrons. The molecule has 31 heavy (non-hydrogen) atoms. The van der Waals surface area contributed by atoms with Gasteiger partial charge in [0.1, 0.15) is 11.5 Å². The lowest BCUT2D eigenvalue weighted by Crippen LogP contribution is -2.43. The van der Waals surface area contributed by atoms with E-state index in [-0.39, 0.29) is 17.7 Å². The van der Waals surface area contributed by atoms with E-state index in [4.69, 9.17) is 9.15 Å². The van der Waals surface area contributed by atoms with Crippen molar-refractivity contribution in [2.45, 2.75) is 31.4 Å². The summed E-state index contributed by atoms with van der Waals surface area (Å²) in [6.45, 7) is 1.70. The number of imidazole rings is 1. The maximum Gasteiger partial charge on any atom is 0.289 e. The fraction of sp³-hybridized carbons (Fsp3) is 0.417. The van der Waals surface area contributed by atoms with Crippen molar-refractivity contribution in [1.82, 2.24) is 14.5 Å². The van der Waals surface area contributed by atoms with Crippen LogP contribution in [0.2, 0.25) is 0 Å². The highest BCUT2D eigenvalue weighted by Crippen LogP contribution is 2.48. The van der Waals surface area contributed by atoms with E-state index in [2.05, 4.69) is 4.98 Å². The molecular weight excluding hydrogens is 394 g/mol. The molecule has 7 heteroatoms. The molecule has 1 aliphatic carbocycles. The lowest BCUT2D eigenvalue weighted by molar-refractivity contribution is -0.0645. The predicted octanol–water partition coefficient (Wildman–Crippen LogP) is 3.29. The Morgan fingerprint density at radius 3 is 3.03 bits per heavy atom. The first-order valence-corrected chi connectivity index (χ1v) is 10.8. The van der Waals surface area contributed by atoms with Crippen molar-refractivity contribution in [2.75, 3.05) is 20.2 Å². The number of ether oxygens (including phenoxy) is 1. The monoisotopic (exact) mass is 421 g/mol. The third-order valence-corrected chi connectivity index (χ3v) is 6.81. The van der Waals surface area contributed by atoms with Crippen LogP contribution in [0.4, 0.5) is 0 Å². The number of aromatic nitrogens is 2. The maximum absolute atomic E-state index is 13.2. The molecule has 1 aromatic carbocycles. The molecule has 1 aliphatic heterocycles. The average Bonchev–Trinajstić information content (AvgIpc) is 3.55. The highest BCUT2D eigenvalue weighted by atomic mass is 16.5. The molecule has 5 rings (SSSR count). The summed E-state index contributed by atoms with van der Waals surface area (Å²) in [6.07, 6.45) is 7.93. The van der Waals surface area contributed by atoms with Crippen LogP contribution in [0, 0.1) is 11.8 Å². The van der Waals surface area contributed by atoms with E-state index in [1.807, 2.05) is 46.0 Å². The minimum absolute atomic E-state index is 0.00214. The van der Waals surface area contributed by atoms with Gasteiger partial charge in [-0.3, -0.25) is 4.79 Å². The second-order valence-electron chi connectivity index (χ2n) is 8.63. The van der Waals surface area contributed by atoms with Gasteiger partial charge in [-0.1, -0.05) is 12.1 Å². The molecule has 3 heterocycles. The van der Waals surface area contributed by atoms with Crippen molar-refractivity contribution in [3.63, 3.8) is 0 Å². The van der Waals surface area contributed by atoms with E-state index < -0.39 is 5.60 Å². The van der Waals surface area contributed by atoms with Gasteiger partial charge < -0.3 is 23.7 Å². The van der Waals surface area contributed by atoms with Gasteiger partial charge in [0, 0.05) is 31.4 Å². The zero-order valence-electron chi connectivity index (χ0n) is 17.6. The average molecular weight is 421 g/mol. The lowest BCUT2D eigenvalue weighted by Gasteiger charge is -2.41. The highest BCUT2D eigenvalue weighted by molar-refractivity contribution is 5.91. The van der Waals surface area contributed by atoms with E-state index in [0.717, 1.165) is 24.2 Å². The first-order chi connectivity index (χ1) is 15.1. The molecule has 0 radical (unpaired) electrons. The number of carbonyl (C=O) groups is 1. The van der Waals surface area contributed by atoms with Crippen LogP contribution in [0.3, 0.4) is 0 Å². The topological polar surface area (TPSA) is 80.7 Å². The largest absolute Gasteiger partial charge is 0.497 e.